The highest BCUT2D eigenvalue weighted by Crippen LogP contribution is 2.26. The Kier molecular flexibility index (Phi) is 6.25. The van der Waals surface area contributed by atoms with Gasteiger partial charge in [-0.15, -0.1) is 0 Å². The van der Waals surface area contributed by atoms with Crippen molar-refractivity contribution in [3.05, 3.63) is 69.3 Å². The maximum Gasteiger partial charge on any atom is 0.343 e. The number of nitro groups is 1. The number of carbonyl (C=O) groups is 1. The average Bonchev–Trinajstić information content (AvgIpc) is 2.62. The minimum Gasteiger partial charge on any atom is -0.422 e. The molecule has 0 N–H and O–H groups in total. The fourth-order valence-electron chi connectivity index (χ4n) is 2.54. The van der Waals surface area contributed by atoms with Gasteiger partial charge >= 0.3 is 5.97 Å². The largest absolute Gasteiger partial charge is 0.422 e. The van der Waals surface area contributed by atoms with Crippen LogP contribution < -0.4 is 4.74 Å². The fraction of sp³-hybridized carbons (Fsp3) is 0.316. The van der Waals surface area contributed by atoms with Gasteiger partial charge in [-0.1, -0.05) is 32.0 Å². The van der Waals surface area contributed by atoms with E-state index in [1.54, 1.807) is 0 Å². The van der Waals surface area contributed by atoms with Crippen LogP contribution in [0.2, 0.25) is 0 Å². The Morgan fingerprint density at radius 1 is 1.12 bits per heavy atom. The lowest BCUT2D eigenvalue weighted by atomic mass is 10.1. The highest BCUT2D eigenvalue weighted by atomic mass is 16.6. The second-order valence-electron chi connectivity index (χ2n) is 5.72. The Bertz CT molecular complexity index is 753. The summed E-state index contributed by atoms with van der Waals surface area (Å²) in [5.74, 6) is 0.0303. The van der Waals surface area contributed by atoms with E-state index in [2.05, 4.69) is 18.7 Å². The van der Waals surface area contributed by atoms with Gasteiger partial charge in [0.15, 0.2) is 0 Å². The lowest BCUT2D eigenvalue weighted by Crippen LogP contribution is -2.23. The molecule has 0 aliphatic carbocycles. The molecule has 132 valence electrons. The zero-order chi connectivity index (χ0) is 18.4. The summed E-state index contributed by atoms with van der Waals surface area (Å²) < 4.78 is 5.62. The molecule has 0 bridgehead atoms. The summed E-state index contributed by atoms with van der Waals surface area (Å²) in [6.07, 6.45) is 0. The van der Waals surface area contributed by atoms with Gasteiger partial charge in [-0.3, -0.25) is 15.0 Å². The van der Waals surface area contributed by atoms with Crippen molar-refractivity contribution in [1.82, 2.24) is 4.90 Å². The molecule has 0 spiro atoms. The van der Waals surface area contributed by atoms with Crippen molar-refractivity contribution in [3.8, 4) is 5.75 Å². The van der Waals surface area contributed by atoms with E-state index in [-0.39, 0.29) is 11.3 Å². The molecule has 2 aromatic rings. The topological polar surface area (TPSA) is 72.7 Å². The molecule has 0 heterocycles. The van der Waals surface area contributed by atoms with Crippen molar-refractivity contribution in [3.63, 3.8) is 0 Å². The van der Waals surface area contributed by atoms with Crippen LogP contribution in [0.25, 0.3) is 0 Å². The Hall–Kier alpha value is -2.73. The molecule has 0 fully saturated rings. The number of hydrogen-bond acceptors (Lipinski definition) is 5. The van der Waals surface area contributed by atoms with E-state index in [1.165, 1.54) is 24.3 Å². The predicted octanol–water partition coefficient (Wildman–Crippen LogP) is 3.96. The third-order valence-electron chi connectivity index (χ3n) is 4.09. The molecule has 0 atom stereocenters. The van der Waals surface area contributed by atoms with E-state index in [0.29, 0.717) is 12.3 Å². The van der Waals surface area contributed by atoms with Crippen LogP contribution in [0.3, 0.4) is 0 Å². The van der Waals surface area contributed by atoms with Crippen molar-refractivity contribution in [1.29, 1.82) is 0 Å². The summed E-state index contributed by atoms with van der Waals surface area (Å²) in [6.45, 7) is 8.56. The number of hydrogen-bond donors (Lipinski definition) is 0. The van der Waals surface area contributed by atoms with Crippen LogP contribution in [0.4, 0.5) is 5.69 Å². The molecule has 0 amide bonds. The Labute approximate surface area is 147 Å². The van der Waals surface area contributed by atoms with Crippen LogP contribution in [0.1, 0.15) is 35.3 Å². The minimum atomic E-state index is -0.523. The molecule has 0 saturated heterocycles. The van der Waals surface area contributed by atoms with E-state index >= 15 is 0 Å². The van der Waals surface area contributed by atoms with E-state index in [9.17, 15) is 14.9 Å². The van der Waals surface area contributed by atoms with E-state index < -0.39 is 10.9 Å². The molecule has 0 aliphatic rings. The molecule has 25 heavy (non-hydrogen) atoms. The quantitative estimate of drug-likeness (QED) is 0.329. The van der Waals surface area contributed by atoms with Crippen molar-refractivity contribution in [2.45, 2.75) is 27.3 Å². The third-order valence-corrected chi connectivity index (χ3v) is 4.09. The van der Waals surface area contributed by atoms with Gasteiger partial charge in [-0.05, 0) is 37.7 Å². The minimum absolute atomic E-state index is 0.0605. The molecule has 2 rings (SSSR count). The van der Waals surface area contributed by atoms with E-state index in [0.717, 1.165) is 24.2 Å². The number of esters is 1. The van der Waals surface area contributed by atoms with Crippen molar-refractivity contribution < 1.29 is 14.5 Å². The van der Waals surface area contributed by atoms with Gasteiger partial charge in [-0.25, -0.2) is 4.79 Å². The summed E-state index contributed by atoms with van der Waals surface area (Å²) in [6, 6.07) is 11.2. The monoisotopic (exact) mass is 342 g/mol. The molecule has 0 aromatic heterocycles. The highest BCUT2D eigenvalue weighted by Gasteiger charge is 2.16. The Morgan fingerprint density at radius 2 is 1.76 bits per heavy atom. The van der Waals surface area contributed by atoms with Crippen molar-refractivity contribution >= 4 is 11.7 Å². The second-order valence-corrected chi connectivity index (χ2v) is 5.72. The van der Waals surface area contributed by atoms with E-state index in [4.69, 9.17) is 4.74 Å². The van der Waals surface area contributed by atoms with Crippen LogP contribution in [0.15, 0.2) is 42.5 Å². The van der Waals surface area contributed by atoms with Crippen LogP contribution in [-0.2, 0) is 6.54 Å². The number of aryl methyl sites for hydroxylation is 1. The van der Waals surface area contributed by atoms with Crippen LogP contribution in [0.5, 0.6) is 5.75 Å². The highest BCUT2D eigenvalue weighted by molar-refractivity contribution is 5.91. The zero-order valence-corrected chi connectivity index (χ0v) is 14.7. The van der Waals surface area contributed by atoms with Gasteiger partial charge < -0.3 is 4.74 Å². The lowest BCUT2D eigenvalue weighted by Gasteiger charge is -2.20. The first kappa shape index (κ1) is 18.6. The maximum atomic E-state index is 12.4. The molecular formula is C19H22N2O4. The van der Waals surface area contributed by atoms with Gasteiger partial charge in [0.05, 0.1) is 10.5 Å². The van der Waals surface area contributed by atoms with Gasteiger partial charge in [0, 0.05) is 24.2 Å². The molecule has 0 aliphatic heterocycles. The smallest absolute Gasteiger partial charge is 0.343 e. The standard InChI is InChI=1S/C19H22N2O4/c1-4-20(5-2)13-16-8-6-7-14(3)18(16)25-19(22)15-9-11-17(12-10-15)21(23)24/h6-12H,4-5,13H2,1-3H3. The zero-order valence-electron chi connectivity index (χ0n) is 14.7. The first-order chi connectivity index (χ1) is 12.0. The summed E-state index contributed by atoms with van der Waals surface area (Å²) in [7, 11) is 0. The third kappa shape index (κ3) is 4.64. The number of para-hydroxylation sites is 1. The summed E-state index contributed by atoms with van der Waals surface area (Å²) >= 11 is 0. The molecule has 0 radical (unpaired) electrons. The average molecular weight is 342 g/mol. The molecule has 0 saturated carbocycles. The van der Waals surface area contributed by atoms with Crippen LogP contribution in [-0.4, -0.2) is 28.9 Å². The lowest BCUT2D eigenvalue weighted by molar-refractivity contribution is -0.384. The van der Waals surface area contributed by atoms with Gasteiger partial charge in [0.25, 0.3) is 5.69 Å². The van der Waals surface area contributed by atoms with Crippen molar-refractivity contribution in [2.24, 2.45) is 0 Å². The second kappa shape index (κ2) is 8.39. The Morgan fingerprint density at radius 3 is 2.32 bits per heavy atom. The van der Waals surface area contributed by atoms with Crippen LogP contribution >= 0.6 is 0 Å². The summed E-state index contributed by atoms with van der Waals surface area (Å²) in [4.78, 5) is 24.9. The van der Waals surface area contributed by atoms with Gasteiger partial charge in [-0.2, -0.15) is 0 Å². The molecule has 6 heteroatoms. The normalized spacial score (nSPS) is 10.7. The number of non-ortho nitro benzene ring substituents is 1. The first-order valence-corrected chi connectivity index (χ1v) is 8.23. The molecule has 6 nitrogen and oxygen atoms in total. The van der Waals surface area contributed by atoms with Gasteiger partial charge in [0.2, 0.25) is 0 Å². The van der Waals surface area contributed by atoms with E-state index in [1.807, 2.05) is 25.1 Å². The number of carbonyl (C=O) groups excluding carboxylic acids is 1. The first-order valence-electron chi connectivity index (χ1n) is 8.23. The van der Waals surface area contributed by atoms with Crippen LogP contribution in [0, 0.1) is 17.0 Å². The summed E-state index contributed by atoms with van der Waals surface area (Å²) in [5, 5.41) is 10.7. The maximum absolute atomic E-state index is 12.4. The SMILES string of the molecule is CCN(CC)Cc1cccc(C)c1OC(=O)c1ccc([N+](=O)[O-])cc1. The molecule has 2 aromatic carbocycles. The predicted molar refractivity (Wildman–Crippen MR) is 95.9 cm³/mol. The number of nitro benzene ring substituents is 1. The number of rotatable bonds is 7. The number of benzene rings is 2. The Balaban J connectivity index is 2.23. The summed E-state index contributed by atoms with van der Waals surface area (Å²) in [5.41, 5.74) is 2.04. The molecule has 0 unspecified atom stereocenters. The number of ether oxygens (including phenoxy) is 1. The van der Waals surface area contributed by atoms with Crippen molar-refractivity contribution in [2.75, 3.05) is 13.1 Å². The fourth-order valence-corrected chi connectivity index (χ4v) is 2.54. The molecular weight excluding hydrogens is 320 g/mol. The van der Waals surface area contributed by atoms with Gasteiger partial charge in [0.1, 0.15) is 5.75 Å². The number of nitrogens with zero attached hydrogens (tertiary/aromatic N) is 2.